The quantitative estimate of drug-likeness (QED) is 0.796. The monoisotopic (exact) mass is 351 g/mol. The summed E-state index contributed by atoms with van der Waals surface area (Å²) >= 11 is 3.54. The van der Waals surface area contributed by atoms with Crippen LogP contribution in [0.2, 0.25) is 0 Å². The SMILES string of the molecule is CCNC(Cc1cc(Br)ccc1OC)c1ccoc1CC. The highest BCUT2D eigenvalue weighted by Crippen LogP contribution is 2.29. The molecular formula is C17H22BrNO2. The highest BCUT2D eigenvalue weighted by Gasteiger charge is 2.18. The van der Waals surface area contributed by atoms with Gasteiger partial charge in [-0.25, -0.2) is 0 Å². The van der Waals surface area contributed by atoms with Gasteiger partial charge in [-0.2, -0.15) is 0 Å². The Balaban J connectivity index is 2.30. The molecule has 0 aliphatic heterocycles. The van der Waals surface area contributed by atoms with Gasteiger partial charge in [0.1, 0.15) is 11.5 Å². The van der Waals surface area contributed by atoms with Gasteiger partial charge in [-0.05, 0) is 42.8 Å². The van der Waals surface area contributed by atoms with E-state index in [0.29, 0.717) is 0 Å². The van der Waals surface area contributed by atoms with Crippen LogP contribution in [0.15, 0.2) is 39.4 Å². The maximum Gasteiger partial charge on any atom is 0.122 e. The summed E-state index contributed by atoms with van der Waals surface area (Å²) in [6.07, 6.45) is 3.54. The number of halogens is 1. The van der Waals surface area contributed by atoms with Crippen molar-refractivity contribution >= 4 is 15.9 Å². The van der Waals surface area contributed by atoms with Crippen molar-refractivity contribution in [2.24, 2.45) is 0 Å². The second-order valence-electron chi connectivity index (χ2n) is 4.92. The number of hydrogen-bond acceptors (Lipinski definition) is 3. The first-order valence-electron chi connectivity index (χ1n) is 7.31. The Kier molecular flexibility index (Phi) is 5.88. The molecule has 1 atom stereocenters. The van der Waals surface area contributed by atoms with Crippen LogP contribution in [0.4, 0.5) is 0 Å². The summed E-state index contributed by atoms with van der Waals surface area (Å²) in [5.74, 6) is 1.97. The third-order valence-electron chi connectivity index (χ3n) is 3.59. The number of furan rings is 1. The molecule has 1 unspecified atom stereocenters. The third-order valence-corrected chi connectivity index (χ3v) is 4.09. The molecule has 0 bridgehead atoms. The molecule has 4 heteroatoms. The van der Waals surface area contributed by atoms with Crippen LogP contribution in [0.1, 0.15) is 36.8 Å². The van der Waals surface area contributed by atoms with E-state index < -0.39 is 0 Å². The maximum absolute atomic E-state index is 5.58. The molecule has 3 nitrogen and oxygen atoms in total. The van der Waals surface area contributed by atoms with Crippen molar-refractivity contribution < 1.29 is 9.15 Å². The predicted octanol–water partition coefficient (Wildman–Crippen LogP) is 4.51. The van der Waals surface area contributed by atoms with Gasteiger partial charge in [0.2, 0.25) is 0 Å². The molecule has 1 heterocycles. The molecule has 0 amide bonds. The van der Waals surface area contributed by atoms with Gasteiger partial charge in [-0.1, -0.05) is 29.8 Å². The Hall–Kier alpha value is -1.26. The van der Waals surface area contributed by atoms with Crippen LogP contribution in [0.25, 0.3) is 0 Å². The molecule has 1 aromatic carbocycles. The summed E-state index contributed by atoms with van der Waals surface area (Å²) in [6, 6.07) is 8.41. The fraction of sp³-hybridized carbons (Fsp3) is 0.412. The van der Waals surface area contributed by atoms with Crippen LogP contribution in [0.5, 0.6) is 5.75 Å². The van der Waals surface area contributed by atoms with E-state index in [4.69, 9.17) is 9.15 Å². The molecule has 0 aliphatic rings. The van der Waals surface area contributed by atoms with Gasteiger partial charge in [0.05, 0.1) is 13.4 Å². The Labute approximate surface area is 134 Å². The van der Waals surface area contributed by atoms with E-state index in [1.807, 2.05) is 12.1 Å². The van der Waals surface area contributed by atoms with E-state index in [0.717, 1.165) is 35.4 Å². The first-order chi connectivity index (χ1) is 10.2. The van der Waals surface area contributed by atoms with E-state index in [-0.39, 0.29) is 6.04 Å². The lowest BCUT2D eigenvalue weighted by molar-refractivity contribution is 0.405. The van der Waals surface area contributed by atoms with Crippen molar-refractivity contribution in [1.82, 2.24) is 5.32 Å². The second-order valence-corrected chi connectivity index (χ2v) is 5.84. The Morgan fingerprint density at radius 3 is 2.76 bits per heavy atom. The summed E-state index contributed by atoms with van der Waals surface area (Å²) in [7, 11) is 1.71. The van der Waals surface area contributed by atoms with Crippen LogP contribution >= 0.6 is 15.9 Å². The average molecular weight is 352 g/mol. The molecule has 2 rings (SSSR count). The highest BCUT2D eigenvalue weighted by molar-refractivity contribution is 9.10. The first kappa shape index (κ1) is 16.1. The normalized spacial score (nSPS) is 12.4. The summed E-state index contributed by atoms with van der Waals surface area (Å²) in [6.45, 7) is 5.15. The molecule has 0 saturated carbocycles. The second kappa shape index (κ2) is 7.66. The number of methoxy groups -OCH3 is 1. The van der Waals surface area contributed by atoms with Gasteiger partial charge in [0.25, 0.3) is 0 Å². The van der Waals surface area contributed by atoms with E-state index in [1.54, 1.807) is 13.4 Å². The predicted molar refractivity (Wildman–Crippen MR) is 88.9 cm³/mol. The number of hydrogen-bond donors (Lipinski definition) is 1. The smallest absolute Gasteiger partial charge is 0.122 e. The van der Waals surface area contributed by atoms with Crippen molar-refractivity contribution in [1.29, 1.82) is 0 Å². The van der Waals surface area contributed by atoms with Gasteiger partial charge >= 0.3 is 0 Å². The van der Waals surface area contributed by atoms with Crippen molar-refractivity contribution in [2.75, 3.05) is 13.7 Å². The van der Waals surface area contributed by atoms with Crippen LogP contribution in [0, 0.1) is 0 Å². The minimum absolute atomic E-state index is 0.229. The summed E-state index contributed by atoms with van der Waals surface area (Å²) in [5.41, 5.74) is 2.42. The van der Waals surface area contributed by atoms with Gasteiger partial charge in [-0.3, -0.25) is 0 Å². The molecule has 114 valence electrons. The summed E-state index contributed by atoms with van der Waals surface area (Å²) in [5, 5.41) is 3.55. The summed E-state index contributed by atoms with van der Waals surface area (Å²) < 4.78 is 12.1. The lowest BCUT2D eigenvalue weighted by Crippen LogP contribution is -2.23. The minimum Gasteiger partial charge on any atom is -0.496 e. The van der Waals surface area contributed by atoms with Crippen molar-refractivity contribution in [3.63, 3.8) is 0 Å². The number of aryl methyl sites for hydroxylation is 1. The van der Waals surface area contributed by atoms with E-state index in [2.05, 4.69) is 47.2 Å². The maximum atomic E-state index is 5.58. The minimum atomic E-state index is 0.229. The fourth-order valence-corrected chi connectivity index (χ4v) is 3.02. The fourth-order valence-electron chi connectivity index (χ4n) is 2.61. The highest BCUT2D eigenvalue weighted by atomic mass is 79.9. The standard InChI is InChI=1S/C17H22BrNO2/c1-4-16-14(8-9-21-16)15(19-5-2)11-12-10-13(18)6-7-17(12)20-3/h6-10,15,19H,4-5,11H2,1-3H3. The average Bonchev–Trinajstić information content (AvgIpc) is 2.95. The number of rotatable bonds is 7. The first-order valence-corrected chi connectivity index (χ1v) is 8.10. The molecule has 0 fully saturated rings. The molecule has 1 aromatic heterocycles. The van der Waals surface area contributed by atoms with Gasteiger partial charge in [0.15, 0.2) is 0 Å². The van der Waals surface area contributed by atoms with Crippen molar-refractivity contribution in [3.05, 3.63) is 51.9 Å². The van der Waals surface area contributed by atoms with Gasteiger partial charge in [0, 0.05) is 22.5 Å². The van der Waals surface area contributed by atoms with Crippen molar-refractivity contribution in [2.45, 2.75) is 32.7 Å². The van der Waals surface area contributed by atoms with Crippen LogP contribution < -0.4 is 10.1 Å². The zero-order valence-electron chi connectivity index (χ0n) is 12.8. The molecule has 0 saturated heterocycles. The number of ether oxygens (including phenoxy) is 1. The van der Waals surface area contributed by atoms with Gasteiger partial charge < -0.3 is 14.5 Å². The summed E-state index contributed by atoms with van der Waals surface area (Å²) in [4.78, 5) is 0. The van der Waals surface area contributed by atoms with Crippen molar-refractivity contribution in [3.8, 4) is 5.75 Å². The zero-order valence-corrected chi connectivity index (χ0v) is 14.4. The number of benzene rings is 1. The van der Waals surface area contributed by atoms with Crippen LogP contribution in [-0.2, 0) is 12.8 Å². The molecule has 2 aromatic rings. The molecule has 0 radical (unpaired) electrons. The lowest BCUT2D eigenvalue weighted by atomic mass is 9.97. The van der Waals surface area contributed by atoms with Gasteiger partial charge in [-0.15, -0.1) is 0 Å². The Morgan fingerprint density at radius 2 is 2.10 bits per heavy atom. The number of likely N-dealkylation sites (N-methyl/N-ethyl adjacent to an activating group) is 1. The Morgan fingerprint density at radius 1 is 1.29 bits per heavy atom. The lowest BCUT2D eigenvalue weighted by Gasteiger charge is -2.19. The topological polar surface area (TPSA) is 34.4 Å². The molecule has 1 N–H and O–H groups in total. The molecule has 0 aliphatic carbocycles. The third kappa shape index (κ3) is 3.89. The van der Waals surface area contributed by atoms with E-state index in [1.165, 1.54) is 11.1 Å². The number of nitrogens with one attached hydrogen (secondary N) is 1. The zero-order chi connectivity index (χ0) is 15.2. The molecule has 0 spiro atoms. The van der Waals surface area contributed by atoms with E-state index >= 15 is 0 Å². The van der Waals surface area contributed by atoms with Crippen LogP contribution in [0.3, 0.4) is 0 Å². The van der Waals surface area contributed by atoms with E-state index in [9.17, 15) is 0 Å². The van der Waals surface area contributed by atoms with Crippen LogP contribution in [-0.4, -0.2) is 13.7 Å². The molecular weight excluding hydrogens is 330 g/mol. The Bertz CT molecular complexity index is 580. The molecule has 21 heavy (non-hydrogen) atoms. The largest absolute Gasteiger partial charge is 0.496 e.